The minimum atomic E-state index is -0.356. The van der Waals surface area contributed by atoms with Gasteiger partial charge in [-0.3, -0.25) is 10.1 Å². The van der Waals surface area contributed by atoms with Gasteiger partial charge in [-0.25, -0.2) is 0 Å². The van der Waals surface area contributed by atoms with Crippen LogP contribution in [0.5, 0.6) is 0 Å². The maximum absolute atomic E-state index is 10.7. The zero-order chi connectivity index (χ0) is 12.1. The molecule has 1 N–H and O–H groups in total. The lowest BCUT2D eigenvalue weighted by Gasteiger charge is -2.16. The van der Waals surface area contributed by atoms with Crippen LogP contribution in [-0.4, -0.2) is 11.0 Å². The smallest absolute Gasteiger partial charge is 0.271 e. The fraction of sp³-hybridized carbons (Fsp3) is 0.500. The number of rotatable bonds is 5. The van der Waals surface area contributed by atoms with E-state index in [4.69, 9.17) is 0 Å². The molecule has 0 saturated carbocycles. The van der Waals surface area contributed by atoms with Crippen molar-refractivity contribution >= 4 is 11.4 Å². The van der Waals surface area contributed by atoms with Crippen molar-refractivity contribution in [1.82, 2.24) is 0 Å². The summed E-state index contributed by atoms with van der Waals surface area (Å²) in [6.07, 6.45) is 2.02. The summed E-state index contributed by atoms with van der Waals surface area (Å²) in [5.74, 6) is 0. The molecular weight excluding hydrogens is 204 g/mol. The van der Waals surface area contributed by atoms with Crippen LogP contribution in [0.2, 0.25) is 0 Å². The van der Waals surface area contributed by atoms with Crippen molar-refractivity contribution in [1.29, 1.82) is 0 Å². The Balaban J connectivity index is 2.91. The van der Waals surface area contributed by atoms with Gasteiger partial charge >= 0.3 is 0 Å². The average Bonchev–Trinajstić information content (AvgIpc) is 2.25. The quantitative estimate of drug-likeness (QED) is 0.612. The largest absolute Gasteiger partial charge is 0.382 e. The monoisotopic (exact) mass is 222 g/mol. The molecule has 4 nitrogen and oxygen atoms in total. The van der Waals surface area contributed by atoms with Crippen LogP contribution in [0.1, 0.15) is 32.3 Å². The van der Waals surface area contributed by atoms with Crippen LogP contribution in [0.4, 0.5) is 11.4 Å². The lowest BCUT2D eigenvalue weighted by Crippen LogP contribution is -2.17. The van der Waals surface area contributed by atoms with E-state index in [2.05, 4.69) is 19.2 Å². The van der Waals surface area contributed by atoms with E-state index in [0.29, 0.717) is 6.04 Å². The van der Waals surface area contributed by atoms with Crippen LogP contribution < -0.4 is 5.32 Å². The topological polar surface area (TPSA) is 55.2 Å². The lowest BCUT2D eigenvalue weighted by molar-refractivity contribution is -0.384. The molecular formula is C12H18N2O2. The second-order valence-corrected chi connectivity index (χ2v) is 3.97. The molecule has 0 amide bonds. The molecule has 0 aliphatic heterocycles. The average molecular weight is 222 g/mol. The fourth-order valence-corrected chi connectivity index (χ4v) is 1.68. The summed E-state index contributed by atoms with van der Waals surface area (Å²) in [5.41, 5.74) is 1.89. The molecule has 4 heteroatoms. The molecule has 0 unspecified atom stereocenters. The van der Waals surface area contributed by atoms with Gasteiger partial charge in [0.05, 0.1) is 4.92 Å². The Bertz CT molecular complexity index is 373. The zero-order valence-corrected chi connectivity index (χ0v) is 9.99. The van der Waals surface area contributed by atoms with E-state index in [9.17, 15) is 10.1 Å². The van der Waals surface area contributed by atoms with E-state index < -0.39 is 0 Å². The van der Waals surface area contributed by atoms with E-state index in [0.717, 1.165) is 24.1 Å². The summed E-state index contributed by atoms with van der Waals surface area (Å²) >= 11 is 0. The van der Waals surface area contributed by atoms with Crippen LogP contribution in [0.3, 0.4) is 0 Å². The molecule has 88 valence electrons. The first-order valence-electron chi connectivity index (χ1n) is 5.59. The number of hydrogen-bond acceptors (Lipinski definition) is 3. The zero-order valence-electron chi connectivity index (χ0n) is 9.99. The van der Waals surface area contributed by atoms with Crippen molar-refractivity contribution in [2.24, 2.45) is 0 Å². The molecule has 0 aliphatic rings. The van der Waals surface area contributed by atoms with Crippen LogP contribution in [0.25, 0.3) is 0 Å². The SMILES string of the molecule is CCC(CC)Nc1cc(C)cc([N+](=O)[O-])c1. The molecule has 0 radical (unpaired) electrons. The molecule has 0 bridgehead atoms. The minimum absolute atomic E-state index is 0.147. The van der Waals surface area contributed by atoms with Crippen molar-refractivity contribution < 1.29 is 4.92 Å². The second-order valence-electron chi connectivity index (χ2n) is 3.97. The highest BCUT2D eigenvalue weighted by atomic mass is 16.6. The molecule has 0 aromatic heterocycles. The van der Waals surface area contributed by atoms with Crippen molar-refractivity contribution in [3.8, 4) is 0 Å². The maximum atomic E-state index is 10.7. The second kappa shape index (κ2) is 5.49. The van der Waals surface area contributed by atoms with Crippen LogP contribution in [-0.2, 0) is 0 Å². The van der Waals surface area contributed by atoms with Crippen LogP contribution in [0.15, 0.2) is 18.2 Å². The van der Waals surface area contributed by atoms with Crippen molar-refractivity contribution in [3.05, 3.63) is 33.9 Å². The summed E-state index contributed by atoms with van der Waals surface area (Å²) in [4.78, 5) is 10.4. The van der Waals surface area contributed by atoms with Crippen LogP contribution in [0, 0.1) is 17.0 Å². The number of nitrogens with zero attached hydrogens (tertiary/aromatic N) is 1. The van der Waals surface area contributed by atoms with E-state index in [1.807, 2.05) is 13.0 Å². The summed E-state index contributed by atoms with van der Waals surface area (Å²) in [7, 11) is 0. The normalized spacial score (nSPS) is 10.5. The third-order valence-electron chi connectivity index (χ3n) is 2.63. The maximum Gasteiger partial charge on any atom is 0.271 e. The van der Waals surface area contributed by atoms with E-state index in [1.54, 1.807) is 12.1 Å². The molecule has 0 saturated heterocycles. The molecule has 1 aromatic carbocycles. The van der Waals surface area contributed by atoms with Gasteiger partial charge in [-0.1, -0.05) is 13.8 Å². The Morgan fingerprint density at radius 2 is 1.94 bits per heavy atom. The van der Waals surface area contributed by atoms with Gasteiger partial charge in [-0.05, 0) is 31.4 Å². The molecule has 0 heterocycles. The van der Waals surface area contributed by atoms with Crippen molar-refractivity contribution in [3.63, 3.8) is 0 Å². The molecule has 0 aliphatic carbocycles. The van der Waals surface area contributed by atoms with E-state index in [1.165, 1.54) is 0 Å². The molecule has 0 atom stereocenters. The summed E-state index contributed by atoms with van der Waals surface area (Å²) < 4.78 is 0. The van der Waals surface area contributed by atoms with Crippen molar-refractivity contribution in [2.45, 2.75) is 39.7 Å². The predicted molar refractivity (Wildman–Crippen MR) is 65.8 cm³/mol. The van der Waals surface area contributed by atoms with Gasteiger partial charge in [-0.2, -0.15) is 0 Å². The van der Waals surface area contributed by atoms with E-state index >= 15 is 0 Å². The van der Waals surface area contributed by atoms with Gasteiger partial charge in [0.15, 0.2) is 0 Å². The summed E-state index contributed by atoms with van der Waals surface area (Å²) in [6.45, 7) is 6.07. The first-order valence-corrected chi connectivity index (χ1v) is 5.59. The lowest BCUT2D eigenvalue weighted by atomic mass is 10.1. The van der Waals surface area contributed by atoms with Gasteiger partial charge in [0.25, 0.3) is 5.69 Å². The number of benzene rings is 1. The molecule has 0 fully saturated rings. The fourth-order valence-electron chi connectivity index (χ4n) is 1.68. The molecule has 16 heavy (non-hydrogen) atoms. The van der Waals surface area contributed by atoms with Gasteiger partial charge in [0, 0.05) is 23.9 Å². The number of hydrogen-bond donors (Lipinski definition) is 1. The Morgan fingerprint density at radius 1 is 1.31 bits per heavy atom. The highest BCUT2D eigenvalue weighted by molar-refractivity contribution is 5.54. The summed E-state index contributed by atoms with van der Waals surface area (Å²) in [6, 6.07) is 5.48. The highest BCUT2D eigenvalue weighted by Crippen LogP contribution is 2.21. The van der Waals surface area contributed by atoms with Gasteiger partial charge in [0.1, 0.15) is 0 Å². The van der Waals surface area contributed by atoms with Gasteiger partial charge < -0.3 is 5.32 Å². The molecule has 1 aromatic rings. The Morgan fingerprint density at radius 3 is 2.44 bits per heavy atom. The number of anilines is 1. The molecule has 1 rings (SSSR count). The van der Waals surface area contributed by atoms with E-state index in [-0.39, 0.29) is 10.6 Å². The molecule has 0 spiro atoms. The Hall–Kier alpha value is -1.58. The minimum Gasteiger partial charge on any atom is -0.382 e. The Kier molecular flexibility index (Phi) is 4.28. The first-order chi connectivity index (χ1) is 7.56. The number of non-ortho nitro benzene ring substituents is 1. The number of nitro groups is 1. The van der Waals surface area contributed by atoms with Gasteiger partial charge in [0.2, 0.25) is 0 Å². The number of nitrogens with one attached hydrogen (secondary N) is 1. The summed E-state index contributed by atoms with van der Waals surface area (Å²) in [5, 5.41) is 14.0. The third kappa shape index (κ3) is 3.22. The predicted octanol–water partition coefficient (Wildman–Crippen LogP) is 3.50. The van der Waals surface area contributed by atoms with Crippen LogP contribution >= 0.6 is 0 Å². The standard InChI is InChI=1S/C12H18N2O2/c1-4-10(5-2)13-11-6-9(3)7-12(8-11)14(15)16/h6-8,10,13H,4-5H2,1-3H3. The van der Waals surface area contributed by atoms with Gasteiger partial charge in [-0.15, -0.1) is 0 Å². The third-order valence-corrected chi connectivity index (χ3v) is 2.63. The highest BCUT2D eigenvalue weighted by Gasteiger charge is 2.10. The Labute approximate surface area is 95.8 Å². The van der Waals surface area contributed by atoms with Crippen molar-refractivity contribution in [2.75, 3.05) is 5.32 Å². The number of nitro benzene ring substituents is 1. The first kappa shape index (κ1) is 12.5. The number of aryl methyl sites for hydroxylation is 1.